The normalized spacial score (nSPS) is 14.1. The summed E-state index contributed by atoms with van der Waals surface area (Å²) in [6.45, 7) is 1.05. The summed E-state index contributed by atoms with van der Waals surface area (Å²) in [6.07, 6.45) is 12.9. The number of urea groups is 1. The maximum Gasteiger partial charge on any atom is 0.315 e. The molecule has 0 radical (unpaired) electrons. The van der Waals surface area contributed by atoms with Crippen LogP contribution in [-0.2, 0) is 6.54 Å². The minimum Gasteiger partial charge on any atom is -0.338 e. The first-order chi connectivity index (χ1) is 11.8. The van der Waals surface area contributed by atoms with Gasteiger partial charge in [-0.3, -0.25) is 0 Å². The molecule has 2 N–H and O–H groups in total. The lowest BCUT2D eigenvalue weighted by Gasteiger charge is -2.13. The highest BCUT2D eigenvalue weighted by molar-refractivity contribution is 5.73. The molecule has 24 heavy (non-hydrogen) atoms. The molecule has 7 heteroatoms. The number of hydrogen-bond acceptors (Lipinski definition) is 4. The van der Waals surface area contributed by atoms with E-state index in [-0.39, 0.29) is 6.03 Å². The third-order valence-corrected chi connectivity index (χ3v) is 4.06. The van der Waals surface area contributed by atoms with Crippen LogP contribution in [0.15, 0.2) is 42.6 Å². The van der Waals surface area contributed by atoms with E-state index in [1.165, 1.54) is 37.6 Å². The molecule has 2 amide bonds. The molecular weight excluding hydrogens is 304 g/mol. The molecule has 0 saturated heterocycles. The van der Waals surface area contributed by atoms with Crippen LogP contribution >= 0.6 is 0 Å². The molecule has 2 aromatic rings. The molecule has 0 saturated carbocycles. The van der Waals surface area contributed by atoms with Gasteiger partial charge in [0.15, 0.2) is 5.82 Å². The van der Waals surface area contributed by atoms with Crippen molar-refractivity contribution in [2.24, 2.45) is 0 Å². The molecule has 0 spiro atoms. The van der Waals surface area contributed by atoms with Gasteiger partial charge < -0.3 is 10.6 Å². The van der Waals surface area contributed by atoms with Gasteiger partial charge in [0.1, 0.15) is 12.7 Å². The van der Waals surface area contributed by atoms with E-state index in [0.29, 0.717) is 18.9 Å². The quantitative estimate of drug-likeness (QED) is 0.798. The van der Waals surface area contributed by atoms with Crippen LogP contribution in [0, 0.1) is 0 Å². The Balaban J connectivity index is 1.47. The topological polar surface area (TPSA) is 84.7 Å². The second-order valence-corrected chi connectivity index (χ2v) is 5.79. The summed E-state index contributed by atoms with van der Waals surface area (Å²) in [7, 11) is 0. The molecule has 126 valence electrons. The van der Waals surface area contributed by atoms with Crippen LogP contribution in [-0.4, -0.2) is 32.3 Å². The van der Waals surface area contributed by atoms with Crippen molar-refractivity contribution in [1.82, 2.24) is 30.4 Å². The summed E-state index contributed by atoms with van der Waals surface area (Å²) < 4.78 is 1.59. The first kappa shape index (κ1) is 16.2. The highest BCUT2D eigenvalue weighted by atomic mass is 16.2. The number of aromatic nitrogens is 4. The highest BCUT2D eigenvalue weighted by Gasteiger charge is 2.08. The van der Waals surface area contributed by atoms with Crippen LogP contribution in [0.3, 0.4) is 0 Å². The molecular formula is C17H22N6O. The van der Waals surface area contributed by atoms with Crippen molar-refractivity contribution in [1.29, 1.82) is 0 Å². The van der Waals surface area contributed by atoms with Gasteiger partial charge >= 0.3 is 6.03 Å². The number of hydrogen-bond donors (Lipinski definition) is 2. The van der Waals surface area contributed by atoms with Crippen molar-refractivity contribution < 1.29 is 4.79 Å². The maximum atomic E-state index is 12.0. The number of allylic oxidation sites excluding steroid dienone is 1. The molecule has 2 aromatic heterocycles. The minimum atomic E-state index is -0.167. The molecule has 2 heterocycles. The van der Waals surface area contributed by atoms with Crippen LogP contribution in [0.1, 0.15) is 37.7 Å². The van der Waals surface area contributed by atoms with E-state index in [0.717, 1.165) is 12.0 Å². The fourth-order valence-corrected chi connectivity index (χ4v) is 2.80. The van der Waals surface area contributed by atoms with Gasteiger partial charge in [-0.25, -0.2) is 19.4 Å². The Morgan fingerprint density at radius 3 is 3.04 bits per heavy atom. The number of amides is 2. The summed E-state index contributed by atoms with van der Waals surface area (Å²) in [5, 5.41) is 9.86. The Hall–Kier alpha value is -2.70. The molecule has 3 rings (SSSR count). The van der Waals surface area contributed by atoms with Crippen molar-refractivity contribution in [3.63, 3.8) is 0 Å². The van der Waals surface area contributed by atoms with Gasteiger partial charge in [0.25, 0.3) is 0 Å². The van der Waals surface area contributed by atoms with Crippen molar-refractivity contribution in [3.8, 4) is 5.82 Å². The average molecular weight is 326 g/mol. The molecule has 0 aromatic carbocycles. The zero-order chi connectivity index (χ0) is 16.6. The van der Waals surface area contributed by atoms with Gasteiger partial charge in [0, 0.05) is 24.8 Å². The highest BCUT2D eigenvalue weighted by Crippen LogP contribution is 2.19. The van der Waals surface area contributed by atoms with Crippen molar-refractivity contribution in [2.75, 3.05) is 6.54 Å². The van der Waals surface area contributed by atoms with Gasteiger partial charge in [-0.1, -0.05) is 17.7 Å². The largest absolute Gasteiger partial charge is 0.338 e. The van der Waals surface area contributed by atoms with E-state index in [4.69, 9.17) is 0 Å². The van der Waals surface area contributed by atoms with Crippen LogP contribution in [0.2, 0.25) is 0 Å². The van der Waals surface area contributed by atoms with E-state index in [2.05, 4.69) is 31.8 Å². The van der Waals surface area contributed by atoms with Gasteiger partial charge in [-0.2, -0.15) is 5.10 Å². The average Bonchev–Trinajstić information content (AvgIpc) is 3.16. The number of rotatable bonds is 6. The summed E-state index contributed by atoms with van der Waals surface area (Å²) >= 11 is 0. The molecule has 0 bridgehead atoms. The van der Waals surface area contributed by atoms with Crippen molar-refractivity contribution in [2.45, 2.75) is 38.6 Å². The number of nitrogens with zero attached hydrogens (tertiary/aromatic N) is 4. The molecule has 0 aliphatic heterocycles. The third-order valence-electron chi connectivity index (χ3n) is 4.06. The standard InChI is InChI=1S/C17H22N6O/c24-17(20-10-8-14-5-2-1-3-6-14)21-11-15-7-4-9-19-16(15)23-13-18-12-22-23/h4-5,7,9,12-13H,1-3,6,8,10-11H2,(H2,20,21,24). The molecule has 0 unspecified atom stereocenters. The van der Waals surface area contributed by atoms with E-state index in [9.17, 15) is 4.79 Å². The fourth-order valence-electron chi connectivity index (χ4n) is 2.80. The van der Waals surface area contributed by atoms with Crippen molar-refractivity contribution >= 4 is 6.03 Å². The third kappa shape index (κ3) is 4.41. The first-order valence-electron chi connectivity index (χ1n) is 8.31. The number of pyridine rings is 1. The Kier molecular flexibility index (Phi) is 5.55. The van der Waals surface area contributed by atoms with Crippen LogP contribution < -0.4 is 10.6 Å². The Morgan fingerprint density at radius 1 is 1.29 bits per heavy atom. The Morgan fingerprint density at radius 2 is 2.25 bits per heavy atom. The summed E-state index contributed by atoms with van der Waals surface area (Å²) in [5.74, 6) is 0.669. The van der Waals surface area contributed by atoms with Crippen molar-refractivity contribution in [3.05, 3.63) is 48.2 Å². The van der Waals surface area contributed by atoms with E-state index < -0.39 is 0 Å². The predicted octanol–water partition coefficient (Wildman–Crippen LogP) is 2.35. The summed E-state index contributed by atoms with van der Waals surface area (Å²) in [6, 6.07) is 3.59. The van der Waals surface area contributed by atoms with Crippen LogP contribution in [0.4, 0.5) is 4.79 Å². The molecule has 0 atom stereocenters. The minimum absolute atomic E-state index is 0.167. The number of carbonyl (C=O) groups is 1. The lowest BCUT2D eigenvalue weighted by Crippen LogP contribution is -2.36. The molecule has 7 nitrogen and oxygen atoms in total. The Labute approximate surface area is 141 Å². The number of carbonyl (C=O) groups excluding carboxylic acids is 1. The van der Waals surface area contributed by atoms with Gasteiger partial charge in [0.2, 0.25) is 0 Å². The fraction of sp³-hybridized carbons (Fsp3) is 0.412. The predicted molar refractivity (Wildman–Crippen MR) is 90.6 cm³/mol. The lowest BCUT2D eigenvalue weighted by molar-refractivity contribution is 0.240. The second-order valence-electron chi connectivity index (χ2n) is 5.79. The second kappa shape index (κ2) is 8.24. The number of nitrogens with one attached hydrogen (secondary N) is 2. The molecule has 0 fully saturated rings. The monoisotopic (exact) mass is 326 g/mol. The summed E-state index contributed by atoms with van der Waals surface area (Å²) in [4.78, 5) is 20.2. The zero-order valence-electron chi connectivity index (χ0n) is 13.6. The van der Waals surface area contributed by atoms with E-state index in [1.807, 2.05) is 12.1 Å². The van der Waals surface area contributed by atoms with Gasteiger partial charge in [0.05, 0.1) is 0 Å². The van der Waals surface area contributed by atoms with Crippen LogP contribution in [0.25, 0.3) is 5.82 Å². The SMILES string of the molecule is O=C(NCCC1=CCCCC1)NCc1cccnc1-n1cncn1. The Bertz CT molecular complexity index is 695. The van der Waals surface area contributed by atoms with Crippen LogP contribution in [0.5, 0.6) is 0 Å². The first-order valence-corrected chi connectivity index (χ1v) is 8.31. The van der Waals surface area contributed by atoms with Gasteiger partial charge in [-0.15, -0.1) is 0 Å². The zero-order valence-corrected chi connectivity index (χ0v) is 13.6. The molecule has 1 aliphatic rings. The van der Waals surface area contributed by atoms with E-state index in [1.54, 1.807) is 17.2 Å². The maximum absolute atomic E-state index is 12.0. The lowest BCUT2D eigenvalue weighted by atomic mass is 9.97. The summed E-state index contributed by atoms with van der Waals surface area (Å²) in [5.41, 5.74) is 2.34. The van der Waals surface area contributed by atoms with E-state index >= 15 is 0 Å². The smallest absolute Gasteiger partial charge is 0.315 e. The molecule has 1 aliphatic carbocycles. The van der Waals surface area contributed by atoms with Gasteiger partial charge in [-0.05, 0) is 38.2 Å².